The van der Waals surface area contributed by atoms with Gasteiger partial charge in [-0.1, -0.05) is 0 Å². The maximum absolute atomic E-state index is 3.28. The van der Waals surface area contributed by atoms with E-state index < -0.39 is 7.47 Å². The Morgan fingerprint density at radius 1 is 0.833 bits per heavy atom. The van der Waals surface area contributed by atoms with Crippen LogP contribution in [0.3, 0.4) is 0 Å². The summed E-state index contributed by atoms with van der Waals surface area (Å²) < 4.78 is 0. The fourth-order valence-corrected chi connectivity index (χ4v) is 0. The van der Waals surface area contributed by atoms with Crippen LogP contribution in [0.25, 0.3) is 0 Å². The minimum absolute atomic E-state index is 0. The van der Waals surface area contributed by atoms with E-state index in [1.54, 1.807) is 0 Å². The van der Waals surface area contributed by atoms with Gasteiger partial charge in [-0.2, -0.15) is 0 Å². The second-order valence-electron chi connectivity index (χ2n) is 0.271. The van der Waals surface area contributed by atoms with Gasteiger partial charge >= 0.3 is 113 Å². The molecule has 0 saturated heterocycles. The van der Waals surface area contributed by atoms with E-state index in [0.29, 0.717) is 0 Å². The normalized spacial score (nSPS) is 12.7. The second-order valence-corrected chi connectivity index (χ2v) is 43.3. The van der Waals surface area contributed by atoms with Crippen molar-refractivity contribution >= 4 is 105 Å². The van der Waals surface area contributed by atoms with Gasteiger partial charge in [0.05, 0.1) is 0 Å². The van der Waals surface area contributed by atoms with Gasteiger partial charge in [-0.05, 0) is 0 Å². The molecular formula is HBr4KPd. The fraction of sp³-hybridized carbons (Fsp3) is 0. The van der Waals surface area contributed by atoms with Gasteiger partial charge in [-0.3, -0.25) is 0 Å². The van der Waals surface area contributed by atoms with Crippen LogP contribution in [-0.2, 0) is 7.47 Å². The first kappa shape index (κ1) is 12.9. The van der Waals surface area contributed by atoms with E-state index in [1.807, 2.05) is 0 Å². The van der Waals surface area contributed by atoms with Crippen molar-refractivity contribution in [2.45, 2.75) is 0 Å². The van der Waals surface area contributed by atoms with Crippen molar-refractivity contribution in [3.05, 3.63) is 0 Å². The van der Waals surface area contributed by atoms with Crippen molar-refractivity contribution < 1.29 is 7.47 Å². The third-order valence-electron chi connectivity index (χ3n) is 0. The summed E-state index contributed by atoms with van der Waals surface area (Å²) in [6.45, 7) is 0. The van der Waals surface area contributed by atoms with Gasteiger partial charge in [0.1, 0.15) is 0 Å². The van der Waals surface area contributed by atoms with Gasteiger partial charge in [0, 0.05) is 0 Å². The summed E-state index contributed by atoms with van der Waals surface area (Å²) in [4.78, 5) is 0. The van der Waals surface area contributed by atoms with E-state index in [1.165, 1.54) is 0 Å². The first-order valence-electron chi connectivity index (χ1n) is 0.478. The number of hydrogen-bond donors (Lipinski definition) is 0. The van der Waals surface area contributed by atoms with Gasteiger partial charge in [0.15, 0.2) is 0 Å². The Labute approximate surface area is 109 Å². The van der Waals surface area contributed by atoms with Gasteiger partial charge in [-0.25, -0.2) is 0 Å². The molecule has 0 aliphatic rings. The first-order chi connectivity index (χ1) is 2.00. The molecule has 0 fully saturated rings. The van der Waals surface area contributed by atoms with Crippen molar-refractivity contribution in [2.24, 2.45) is 0 Å². The van der Waals surface area contributed by atoms with Crippen LogP contribution in [0, 0.1) is 0 Å². The molecule has 0 radical (unpaired) electrons. The van der Waals surface area contributed by atoms with Crippen LogP contribution in [0.2, 0.25) is 0 Å². The monoisotopic (exact) mass is 462 g/mol. The molecule has 0 amide bonds. The molecule has 6 heavy (non-hydrogen) atoms. The molecule has 0 aliphatic carbocycles. The first-order valence-corrected chi connectivity index (χ1v) is 14.7. The van der Waals surface area contributed by atoms with E-state index in [0.717, 1.165) is 0 Å². The predicted octanol–water partition coefficient (Wildman–Crippen LogP) is 2.73. The standard InChI is InChI=1S/4BrH.K.Pd.H/h4*1H;;;/q;;;;;+4;/p-4. The van der Waals surface area contributed by atoms with Gasteiger partial charge in [-0.15, -0.1) is 0 Å². The number of halogens is 4. The van der Waals surface area contributed by atoms with Crippen molar-refractivity contribution in [1.82, 2.24) is 0 Å². The molecule has 0 aromatic heterocycles. The number of rotatable bonds is 0. The third-order valence-corrected chi connectivity index (χ3v) is 0. The van der Waals surface area contributed by atoms with Gasteiger partial charge < -0.3 is 0 Å². The summed E-state index contributed by atoms with van der Waals surface area (Å²) in [6.07, 6.45) is 0. The molecule has 0 aromatic rings. The van der Waals surface area contributed by atoms with Crippen molar-refractivity contribution in [3.63, 3.8) is 0 Å². The molecule has 0 rings (SSSR count). The Balaban J connectivity index is 0. The summed E-state index contributed by atoms with van der Waals surface area (Å²) in [5.41, 5.74) is 0. The van der Waals surface area contributed by atoms with Crippen LogP contribution in [-0.4, -0.2) is 51.4 Å². The molecule has 6 heteroatoms. The van der Waals surface area contributed by atoms with Crippen LogP contribution in [0.5, 0.6) is 0 Å². The minimum atomic E-state index is -1.45. The van der Waals surface area contributed by atoms with Crippen LogP contribution >= 0.6 is 53.7 Å². The molecular weight excluding hydrogens is 465 g/mol. The van der Waals surface area contributed by atoms with Crippen molar-refractivity contribution in [2.75, 3.05) is 0 Å². The Morgan fingerprint density at radius 2 is 0.833 bits per heavy atom. The van der Waals surface area contributed by atoms with Crippen molar-refractivity contribution in [1.29, 1.82) is 0 Å². The summed E-state index contributed by atoms with van der Waals surface area (Å²) >= 11 is 13.1. The molecule has 0 nitrogen and oxygen atoms in total. The van der Waals surface area contributed by atoms with Gasteiger partial charge in [0.25, 0.3) is 0 Å². The van der Waals surface area contributed by atoms with Crippen molar-refractivity contribution in [3.8, 4) is 0 Å². The zero-order valence-corrected chi connectivity index (χ0v) is 9.73. The molecule has 0 bridgehead atoms. The second kappa shape index (κ2) is 5.96. The molecule has 0 heterocycles. The average molecular weight is 466 g/mol. The molecule has 0 spiro atoms. The molecule has 0 aliphatic heterocycles. The van der Waals surface area contributed by atoms with E-state index in [4.69, 9.17) is 0 Å². The maximum atomic E-state index is 3.28. The Kier molecular flexibility index (Phi) is 12.8. The number of hydrogen-bond acceptors (Lipinski definition) is 0. The topological polar surface area (TPSA) is 0 Å². The Hall–Kier alpha value is 4.22. The van der Waals surface area contributed by atoms with E-state index in [9.17, 15) is 0 Å². The summed E-state index contributed by atoms with van der Waals surface area (Å²) in [5.74, 6) is 0. The van der Waals surface area contributed by atoms with Crippen LogP contribution in [0.15, 0.2) is 0 Å². The summed E-state index contributed by atoms with van der Waals surface area (Å²) in [5, 5.41) is 0. The van der Waals surface area contributed by atoms with Crippen LogP contribution < -0.4 is 0 Å². The third kappa shape index (κ3) is 24.1. The van der Waals surface area contributed by atoms with E-state index in [-0.39, 0.29) is 51.4 Å². The fourth-order valence-electron chi connectivity index (χ4n) is 0. The zero-order valence-electron chi connectivity index (χ0n) is 1.83. The zero-order chi connectivity index (χ0) is 4.50. The summed E-state index contributed by atoms with van der Waals surface area (Å²) in [7, 11) is -1.45. The summed E-state index contributed by atoms with van der Waals surface area (Å²) in [6, 6.07) is 0. The van der Waals surface area contributed by atoms with E-state index >= 15 is 0 Å². The molecule has 0 saturated carbocycles. The molecule has 0 atom stereocenters. The molecule has 0 aromatic carbocycles. The predicted molar refractivity (Wildman–Crippen MR) is 42.9 cm³/mol. The van der Waals surface area contributed by atoms with E-state index in [2.05, 4.69) is 53.7 Å². The quantitative estimate of drug-likeness (QED) is 0.482. The molecule has 40 valence electrons. The Bertz CT molecular complexity index is 23.0. The Morgan fingerprint density at radius 3 is 0.833 bits per heavy atom. The van der Waals surface area contributed by atoms with Gasteiger partial charge in [0.2, 0.25) is 0 Å². The SMILES string of the molecule is [Br][Pd]([Br])([Br])[Br].[KH]. The average Bonchev–Trinajstić information content (AvgIpc) is 0.722. The molecule has 0 unspecified atom stereocenters. The van der Waals surface area contributed by atoms with Crippen LogP contribution in [0.1, 0.15) is 0 Å². The molecule has 0 N–H and O–H groups in total. The van der Waals surface area contributed by atoms with Crippen LogP contribution in [0.4, 0.5) is 0 Å².